The first-order chi connectivity index (χ1) is 21.7. The third-order valence-electron chi connectivity index (χ3n) is 8.39. The SMILES string of the molecule is COc1ccccc1CN1CC2CC(C(=O)OCc3cc(C(F)(F)F)cc(C(F)(F)F)c3)CCCC(=O)N2[C@@H](CCCCN)C1=O. The Labute approximate surface area is 262 Å². The van der Waals surface area contributed by atoms with Crippen LogP contribution in [0.2, 0.25) is 0 Å². The lowest BCUT2D eigenvalue weighted by atomic mass is 9.87. The van der Waals surface area contributed by atoms with E-state index in [9.17, 15) is 40.7 Å². The van der Waals surface area contributed by atoms with Gasteiger partial charge >= 0.3 is 18.3 Å². The van der Waals surface area contributed by atoms with Crippen LogP contribution in [0.15, 0.2) is 42.5 Å². The number of nitrogens with zero attached hydrogens (tertiary/aromatic N) is 2. The van der Waals surface area contributed by atoms with E-state index in [0.29, 0.717) is 43.7 Å². The fourth-order valence-electron chi connectivity index (χ4n) is 6.17. The van der Waals surface area contributed by atoms with Crippen LogP contribution >= 0.6 is 0 Å². The lowest BCUT2D eigenvalue weighted by molar-refractivity contribution is -0.161. The lowest BCUT2D eigenvalue weighted by Crippen LogP contribution is -2.64. The zero-order chi connectivity index (χ0) is 33.6. The summed E-state index contributed by atoms with van der Waals surface area (Å²) in [6, 6.07) is 6.89. The molecule has 2 saturated heterocycles. The van der Waals surface area contributed by atoms with Crippen LogP contribution in [0.25, 0.3) is 0 Å². The molecule has 2 aromatic rings. The van der Waals surface area contributed by atoms with Gasteiger partial charge in [0.05, 0.1) is 30.2 Å². The van der Waals surface area contributed by atoms with Crippen molar-refractivity contribution in [2.75, 3.05) is 20.2 Å². The number of methoxy groups -OCH3 is 1. The van der Waals surface area contributed by atoms with Crippen molar-refractivity contribution < 1.29 is 50.2 Å². The Bertz CT molecular complexity index is 1370. The van der Waals surface area contributed by atoms with Crippen molar-refractivity contribution in [1.82, 2.24) is 9.80 Å². The number of benzene rings is 2. The lowest BCUT2D eigenvalue weighted by Gasteiger charge is -2.48. The molecule has 2 heterocycles. The largest absolute Gasteiger partial charge is 0.496 e. The van der Waals surface area contributed by atoms with Gasteiger partial charge in [0.2, 0.25) is 11.8 Å². The molecule has 2 unspecified atom stereocenters. The average Bonchev–Trinajstić information content (AvgIpc) is 2.99. The maximum absolute atomic E-state index is 13.8. The molecule has 2 amide bonds. The minimum atomic E-state index is -5.04. The van der Waals surface area contributed by atoms with Gasteiger partial charge in [-0.1, -0.05) is 18.2 Å². The summed E-state index contributed by atoms with van der Waals surface area (Å²) in [5, 5.41) is 0. The molecular weight excluding hydrogens is 620 g/mol. The molecule has 14 heteroatoms. The molecule has 2 fully saturated rings. The molecule has 0 bridgehead atoms. The van der Waals surface area contributed by atoms with E-state index in [-0.39, 0.29) is 56.7 Å². The molecule has 2 aliphatic rings. The van der Waals surface area contributed by atoms with Crippen LogP contribution < -0.4 is 10.5 Å². The molecule has 46 heavy (non-hydrogen) atoms. The highest BCUT2D eigenvalue weighted by Gasteiger charge is 2.45. The predicted molar refractivity (Wildman–Crippen MR) is 154 cm³/mol. The Kier molecular flexibility index (Phi) is 11.2. The second-order valence-corrected chi connectivity index (χ2v) is 11.6. The third kappa shape index (κ3) is 8.51. The van der Waals surface area contributed by atoms with Crippen molar-refractivity contribution in [1.29, 1.82) is 0 Å². The van der Waals surface area contributed by atoms with Gasteiger partial charge < -0.3 is 25.0 Å². The van der Waals surface area contributed by atoms with Gasteiger partial charge in [-0.05, 0) is 74.9 Å². The number of carbonyl (C=O) groups is 3. The number of carbonyl (C=O) groups excluding carboxylic acids is 3. The highest BCUT2D eigenvalue weighted by Crippen LogP contribution is 2.37. The highest BCUT2D eigenvalue weighted by molar-refractivity contribution is 5.89. The first-order valence-electron chi connectivity index (χ1n) is 15.1. The van der Waals surface area contributed by atoms with E-state index in [0.717, 1.165) is 5.56 Å². The quantitative estimate of drug-likeness (QED) is 0.200. The smallest absolute Gasteiger partial charge is 0.416 e. The van der Waals surface area contributed by atoms with E-state index in [1.54, 1.807) is 21.9 Å². The van der Waals surface area contributed by atoms with Crippen molar-refractivity contribution >= 4 is 17.8 Å². The van der Waals surface area contributed by atoms with Gasteiger partial charge in [-0.2, -0.15) is 26.3 Å². The minimum Gasteiger partial charge on any atom is -0.496 e. The number of rotatable bonds is 10. The Hall–Kier alpha value is -3.81. The number of esters is 1. The van der Waals surface area contributed by atoms with Crippen LogP contribution in [0.5, 0.6) is 5.75 Å². The van der Waals surface area contributed by atoms with E-state index in [1.165, 1.54) is 7.11 Å². The van der Waals surface area contributed by atoms with E-state index in [2.05, 4.69) is 0 Å². The van der Waals surface area contributed by atoms with Crippen LogP contribution in [0.4, 0.5) is 26.3 Å². The first-order valence-corrected chi connectivity index (χ1v) is 15.1. The van der Waals surface area contributed by atoms with Crippen molar-refractivity contribution in [3.8, 4) is 5.75 Å². The summed E-state index contributed by atoms with van der Waals surface area (Å²) in [6.07, 6.45) is -7.79. The Morgan fingerprint density at radius 2 is 1.67 bits per heavy atom. The zero-order valence-electron chi connectivity index (χ0n) is 25.3. The summed E-state index contributed by atoms with van der Waals surface area (Å²) < 4.78 is 90.7. The Balaban J connectivity index is 1.57. The van der Waals surface area contributed by atoms with Crippen LogP contribution in [0.1, 0.15) is 67.2 Å². The van der Waals surface area contributed by atoms with Gasteiger partial charge in [-0.25, -0.2) is 0 Å². The van der Waals surface area contributed by atoms with Crippen molar-refractivity contribution in [3.63, 3.8) is 0 Å². The number of hydrogen-bond donors (Lipinski definition) is 1. The topological polar surface area (TPSA) is 102 Å². The van der Waals surface area contributed by atoms with Crippen LogP contribution in [-0.2, 0) is 44.6 Å². The number of para-hydroxylation sites is 1. The van der Waals surface area contributed by atoms with Gasteiger partial charge in [-0.15, -0.1) is 0 Å². The summed E-state index contributed by atoms with van der Waals surface area (Å²) in [7, 11) is 1.52. The number of piperazine rings is 1. The summed E-state index contributed by atoms with van der Waals surface area (Å²) in [5.74, 6) is -1.48. The Morgan fingerprint density at radius 3 is 2.30 bits per heavy atom. The monoisotopic (exact) mass is 657 g/mol. The number of amides is 2. The number of alkyl halides is 6. The van der Waals surface area contributed by atoms with Crippen molar-refractivity contribution in [2.45, 2.75) is 82.5 Å². The molecule has 8 nitrogen and oxygen atoms in total. The van der Waals surface area contributed by atoms with Crippen LogP contribution in [-0.4, -0.2) is 59.9 Å². The molecule has 0 saturated carbocycles. The molecular formula is C32H37F6N3O5. The van der Waals surface area contributed by atoms with Crippen molar-refractivity contribution in [2.24, 2.45) is 11.7 Å². The normalized spacial score (nSPS) is 21.0. The van der Waals surface area contributed by atoms with E-state index in [1.807, 2.05) is 12.1 Å². The van der Waals surface area contributed by atoms with E-state index in [4.69, 9.17) is 15.2 Å². The molecule has 0 aromatic heterocycles. The van der Waals surface area contributed by atoms with Crippen LogP contribution in [0.3, 0.4) is 0 Å². The highest BCUT2D eigenvalue weighted by atomic mass is 19.4. The summed E-state index contributed by atoms with van der Waals surface area (Å²) >= 11 is 0. The molecule has 252 valence electrons. The number of ether oxygens (including phenoxy) is 2. The van der Waals surface area contributed by atoms with E-state index < -0.39 is 59.6 Å². The number of nitrogens with two attached hydrogens (primary N) is 1. The predicted octanol–water partition coefficient (Wildman–Crippen LogP) is 5.70. The van der Waals surface area contributed by atoms with Gasteiger partial charge in [0, 0.05) is 25.1 Å². The van der Waals surface area contributed by atoms with Gasteiger partial charge in [0.15, 0.2) is 0 Å². The average molecular weight is 658 g/mol. The van der Waals surface area contributed by atoms with Gasteiger partial charge in [0.25, 0.3) is 0 Å². The number of unbranched alkanes of at least 4 members (excludes halogenated alkanes) is 1. The fraction of sp³-hybridized carbons (Fsp3) is 0.531. The standard InChI is InChI=1S/C32H37F6N3O5/c1-45-27-10-3-2-7-22(27)17-40-18-25-15-21(8-6-11-28(42)41(25)26(29(40)43)9-4-5-12-39)30(44)46-19-20-13-23(31(33,34)35)16-24(14-20)32(36,37)38/h2-3,7,10,13-14,16,21,25-26H,4-6,8-9,11-12,15,17-19,39H2,1H3/t21?,25?,26-/m0/s1. The van der Waals surface area contributed by atoms with Gasteiger partial charge in [0.1, 0.15) is 18.4 Å². The molecule has 0 spiro atoms. The maximum Gasteiger partial charge on any atom is 0.416 e. The molecule has 0 aliphatic carbocycles. The molecule has 2 aliphatic heterocycles. The summed E-state index contributed by atoms with van der Waals surface area (Å²) in [6.45, 7) is -0.0768. The maximum atomic E-state index is 13.8. The van der Waals surface area contributed by atoms with Crippen LogP contribution in [0, 0.1) is 5.92 Å². The third-order valence-corrected chi connectivity index (χ3v) is 8.39. The summed E-state index contributed by atoms with van der Waals surface area (Å²) in [5.41, 5.74) is 2.96. The molecule has 2 N–H and O–H groups in total. The molecule has 2 aromatic carbocycles. The van der Waals surface area contributed by atoms with Gasteiger partial charge in [-0.3, -0.25) is 14.4 Å². The minimum absolute atomic E-state index is 0.0107. The number of halogens is 6. The zero-order valence-corrected chi connectivity index (χ0v) is 25.3. The first kappa shape index (κ1) is 35.1. The Morgan fingerprint density at radius 1 is 1.00 bits per heavy atom. The number of hydrogen-bond acceptors (Lipinski definition) is 6. The molecule has 0 radical (unpaired) electrons. The second-order valence-electron chi connectivity index (χ2n) is 11.6. The molecule has 4 rings (SSSR count). The molecule has 3 atom stereocenters. The summed E-state index contributed by atoms with van der Waals surface area (Å²) in [4.78, 5) is 43.7. The van der Waals surface area contributed by atoms with Crippen molar-refractivity contribution in [3.05, 3.63) is 64.7 Å². The fourth-order valence-corrected chi connectivity index (χ4v) is 6.17. The van der Waals surface area contributed by atoms with E-state index >= 15 is 0 Å². The second kappa shape index (κ2) is 14.7. The number of fused-ring (bicyclic) bond motifs is 1.